The van der Waals surface area contributed by atoms with Crippen LogP contribution >= 0.6 is 0 Å². The number of hydrogen-bond donors (Lipinski definition) is 0. The van der Waals surface area contributed by atoms with Crippen molar-refractivity contribution in [3.8, 4) is 0 Å². The van der Waals surface area contributed by atoms with Gasteiger partial charge in [-0.3, -0.25) is 0 Å². The van der Waals surface area contributed by atoms with Gasteiger partial charge in [-0.2, -0.15) is 0 Å². The zero-order valence-electron chi connectivity index (χ0n) is 6.33. The Morgan fingerprint density at radius 3 is 1.50 bits per heavy atom. The topological polar surface area (TPSA) is 0 Å². The van der Waals surface area contributed by atoms with Gasteiger partial charge in [0.1, 0.15) is 7.28 Å². The van der Waals surface area contributed by atoms with Gasteiger partial charge in [0.25, 0.3) is 0 Å². The molecule has 0 aliphatic carbocycles. The molecule has 2 fully saturated rings. The van der Waals surface area contributed by atoms with Crippen LogP contribution in [0.4, 0.5) is 0 Å². The van der Waals surface area contributed by atoms with E-state index in [0.717, 1.165) is 11.6 Å². The van der Waals surface area contributed by atoms with Crippen molar-refractivity contribution < 1.29 is 37.7 Å². The number of rotatable bonds is 0. The first kappa shape index (κ1) is 9.41. The van der Waals surface area contributed by atoms with Gasteiger partial charge >= 0.3 is 0 Å². The second-order valence-corrected chi connectivity index (χ2v) is 3.57. The molecule has 0 aromatic carbocycles. The van der Waals surface area contributed by atoms with Gasteiger partial charge in [0, 0.05) is 37.7 Å². The fourth-order valence-electron chi connectivity index (χ4n) is 2.34. The van der Waals surface area contributed by atoms with Gasteiger partial charge in [-0.05, 0) is 0 Å². The van der Waals surface area contributed by atoms with Crippen LogP contribution in [0.3, 0.4) is 0 Å². The molecule has 2 rings (SSSR count). The summed E-state index contributed by atoms with van der Waals surface area (Å²) in [6.45, 7) is 0. The second-order valence-electron chi connectivity index (χ2n) is 3.57. The Balaban J connectivity index is 0.000000500. The largest absolute Gasteiger partial charge is 0.117 e. The van der Waals surface area contributed by atoms with E-state index in [4.69, 9.17) is 0 Å². The summed E-state index contributed by atoms with van der Waals surface area (Å²) in [6.07, 6.45) is 9.00. The molecule has 2 heterocycles. The Morgan fingerprint density at radius 2 is 1.20 bits per heavy atom. The van der Waals surface area contributed by atoms with Crippen LogP contribution in [0, 0.1) is 37.7 Å². The maximum atomic E-state index is 2.62. The maximum absolute atomic E-state index is 2.62. The minimum absolute atomic E-state index is 0. The van der Waals surface area contributed by atoms with Crippen molar-refractivity contribution in [2.45, 2.75) is 50.2 Å². The van der Waals surface area contributed by atoms with E-state index < -0.39 is 0 Å². The molecule has 0 nitrogen and oxygen atoms in total. The van der Waals surface area contributed by atoms with Gasteiger partial charge in [-0.15, -0.1) is 0 Å². The predicted molar refractivity (Wildman–Crippen MR) is 41.0 cm³/mol. The summed E-state index contributed by atoms with van der Waals surface area (Å²) in [6, 6.07) is 0. The van der Waals surface area contributed by atoms with E-state index in [1.165, 1.54) is 38.5 Å². The van der Waals surface area contributed by atoms with Gasteiger partial charge in [0.05, 0.1) is 0 Å². The molecule has 57 valence electrons. The van der Waals surface area contributed by atoms with Crippen molar-refractivity contribution in [2.24, 2.45) is 0 Å². The molecule has 2 saturated heterocycles. The van der Waals surface area contributed by atoms with Crippen LogP contribution in [0.5, 0.6) is 0 Å². The Bertz CT molecular complexity index is 85.4. The fourth-order valence-corrected chi connectivity index (χ4v) is 2.34. The Kier molecular flexibility index (Phi) is 4.12. The van der Waals surface area contributed by atoms with E-state index in [9.17, 15) is 0 Å². The quantitative estimate of drug-likeness (QED) is 0.479. The molecular formula is C8H14ArB. The van der Waals surface area contributed by atoms with Crippen molar-refractivity contribution in [3.05, 3.63) is 0 Å². The molecule has 2 bridgehead atoms. The molecule has 0 aromatic heterocycles. The number of hydrogen-bond acceptors (Lipinski definition) is 0. The first-order valence-electron chi connectivity index (χ1n) is 4.30. The Morgan fingerprint density at radius 1 is 0.800 bits per heavy atom. The minimum atomic E-state index is 0. The molecule has 0 atom stereocenters. The fraction of sp³-hybridized carbons (Fsp3) is 1.00. The summed E-state index contributed by atoms with van der Waals surface area (Å²) in [5.74, 6) is 2.05. The van der Waals surface area contributed by atoms with E-state index >= 15 is 0 Å². The summed E-state index contributed by atoms with van der Waals surface area (Å²) in [4.78, 5) is 0. The van der Waals surface area contributed by atoms with Crippen molar-refractivity contribution in [3.63, 3.8) is 0 Å². The molecule has 0 N–H and O–H groups in total. The third kappa shape index (κ3) is 2.15. The first-order chi connectivity index (χ1) is 4.45. The molecule has 10 heavy (non-hydrogen) atoms. The van der Waals surface area contributed by atoms with Gasteiger partial charge in [0.2, 0.25) is 0 Å². The molecular weight excluding hydrogens is 147 g/mol. The van der Waals surface area contributed by atoms with Crippen LogP contribution in [0.2, 0.25) is 11.6 Å². The van der Waals surface area contributed by atoms with Crippen molar-refractivity contribution in [1.82, 2.24) is 0 Å². The molecule has 1 radical (unpaired) electrons. The van der Waals surface area contributed by atoms with E-state index in [1.54, 1.807) is 0 Å². The molecule has 0 unspecified atom stereocenters. The van der Waals surface area contributed by atoms with E-state index in [2.05, 4.69) is 7.28 Å². The first-order valence-corrected chi connectivity index (χ1v) is 4.30. The van der Waals surface area contributed by atoms with Crippen molar-refractivity contribution in [1.29, 1.82) is 0 Å². The van der Waals surface area contributed by atoms with Crippen LogP contribution in [0.15, 0.2) is 0 Å². The third-order valence-corrected chi connectivity index (χ3v) is 2.84. The zero-order chi connectivity index (χ0) is 6.10. The van der Waals surface area contributed by atoms with Crippen molar-refractivity contribution >= 4 is 7.28 Å². The van der Waals surface area contributed by atoms with Gasteiger partial charge in [-0.1, -0.05) is 50.2 Å². The summed E-state index contributed by atoms with van der Waals surface area (Å²) >= 11 is 0. The van der Waals surface area contributed by atoms with Gasteiger partial charge in [-0.25, -0.2) is 0 Å². The normalized spacial score (nSPS) is 37.6. The molecule has 2 heteroatoms. The van der Waals surface area contributed by atoms with Crippen LogP contribution in [0.1, 0.15) is 38.5 Å². The summed E-state index contributed by atoms with van der Waals surface area (Å²) < 4.78 is 0. The van der Waals surface area contributed by atoms with Crippen LogP contribution in [0.25, 0.3) is 0 Å². The van der Waals surface area contributed by atoms with E-state index in [-0.39, 0.29) is 37.7 Å². The van der Waals surface area contributed by atoms with Crippen LogP contribution < -0.4 is 0 Å². The second kappa shape index (κ2) is 4.37. The van der Waals surface area contributed by atoms with Gasteiger partial charge < -0.3 is 0 Å². The minimum Gasteiger partial charge on any atom is -0.0686 e. The van der Waals surface area contributed by atoms with Crippen LogP contribution in [-0.2, 0) is 0 Å². The van der Waals surface area contributed by atoms with Gasteiger partial charge in [0.15, 0.2) is 0 Å². The van der Waals surface area contributed by atoms with E-state index in [1.807, 2.05) is 0 Å². The molecule has 2 aliphatic heterocycles. The average Bonchev–Trinajstić information content (AvgIpc) is 1.88. The summed E-state index contributed by atoms with van der Waals surface area (Å²) in [5, 5.41) is 0. The molecule has 2 aliphatic rings. The predicted octanol–water partition coefficient (Wildman–Crippen LogP) is 2.64. The summed E-state index contributed by atoms with van der Waals surface area (Å²) in [7, 11) is 2.62. The number of fused-ring (bicyclic) bond motifs is 2. The molecule has 0 aromatic rings. The Hall–Kier alpha value is 1.32. The van der Waals surface area contributed by atoms with Crippen LogP contribution in [-0.4, -0.2) is 7.28 Å². The van der Waals surface area contributed by atoms with Crippen molar-refractivity contribution in [2.75, 3.05) is 0 Å². The molecule has 0 saturated carbocycles. The molecule has 0 amide bonds. The Labute approximate surface area is 94.4 Å². The third-order valence-electron chi connectivity index (χ3n) is 2.84. The smallest absolute Gasteiger partial charge is 0.0686 e. The summed E-state index contributed by atoms with van der Waals surface area (Å²) in [5.41, 5.74) is 0. The monoisotopic (exact) mass is 161 g/mol. The zero-order valence-corrected chi connectivity index (χ0v) is 7.04. The maximum Gasteiger partial charge on any atom is 0.117 e. The SMILES string of the molecule is [Ar].[B]1C2CCCC1CCC2. The van der Waals surface area contributed by atoms with E-state index in [0.29, 0.717) is 0 Å². The molecule has 0 spiro atoms. The standard InChI is InChI=1S/C8H14B.Ar/c1-3-7-5-2-6-8(4-1)9-7;/h7-8H,1-6H2;. The average molecular weight is 161 g/mol.